The van der Waals surface area contributed by atoms with E-state index in [2.05, 4.69) is 21.9 Å². The third-order valence-electron chi connectivity index (χ3n) is 3.18. The van der Waals surface area contributed by atoms with Crippen LogP contribution < -0.4 is 10.0 Å². The Bertz CT molecular complexity index is 670. The zero-order valence-electron chi connectivity index (χ0n) is 12.6. The summed E-state index contributed by atoms with van der Waals surface area (Å²) < 4.78 is 26.9. The summed E-state index contributed by atoms with van der Waals surface area (Å²) in [5.74, 6) is 0.310. The van der Waals surface area contributed by atoms with Crippen LogP contribution in [0.2, 0.25) is 0 Å². The van der Waals surface area contributed by atoms with Crippen LogP contribution in [0.15, 0.2) is 53.6 Å². The lowest BCUT2D eigenvalue weighted by Crippen LogP contribution is -2.13. The molecular formula is C16H21N3O2S. The highest BCUT2D eigenvalue weighted by Gasteiger charge is 2.14. The van der Waals surface area contributed by atoms with Gasteiger partial charge >= 0.3 is 0 Å². The van der Waals surface area contributed by atoms with E-state index in [1.807, 2.05) is 0 Å². The summed E-state index contributed by atoms with van der Waals surface area (Å²) >= 11 is 0. The molecule has 22 heavy (non-hydrogen) atoms. The van der Waals surface area contributed by atoms with E-state index in [9.17, 15) is 8.42 Å². The molecule has 0 aliphatic rings. The minimum Gasteiger partial charge on any atom is -0.385 e. The van der Waals surface area contributed by atoms with Crippen molar-refractivity contribution in [1.29, 1.82) is 0 Å². The van der Waals surface area contributed by atoms with Gasteiger partial charge in [-0.1, -0.05) is 25.8 Å². The number of nitrogens with one attached hydrogen (secondary N) is 2. The van der Waals surface area contributed by atoms with E-state index in [0.717, 1.165) is 18.7 Å². The molecule has 1 aromatic carbocycles. The van der Waals surface area contributed by atoms with Gasteiger partial charge in [-0.3, -0.25) is 4.72 Å². The molecule has 118 valence electrons. The Hall–Kier alpha value is -2.08. The molecule has 5 nitrogen and oxygen atoms in total. The Morgan fingerprint density at radius 1 is 1.05 bits per heavy atom. The van der Waals surface area contributed by atoms with Gasteiger partial charge in [0.15, 0.2) is 0 Å². The lowest BCUT2D eigenvalue weighted by Gasteiger charge is -2.09. The molecule has 0 amide bonds. The molecule has 2 N–H and O–H groups in total. The van der Waals surface area contributed by atoms with Crippen LogP contribution in [0.25, 0.3) is 0 Å². The van der Waals surface area contributed by atoms with E-state index in [1.54, 1.807) is 48.7 Å². The summed E-state index contributed by atoms with van der Waals surface area (Å²) in [5.41, 5.74) is 0.924. The van der Waals surface area contributed by atoms with Gasteiger partial charge in [-0.15, -0.1) is 0 Å². The summed E-state index contributed by atoms with van der Waals surface area (Å²) in [7, 11) is -3.60. The van der Waals surface area contributed by atoms with Crippen LogP contribution in [-0.4, -0.2) is 19.9 Å². The zero-order valence-corrected chi connectivity index (χ0v) is 13.4. The van der Waals surface area contributed by atoms with Crippen LogP contribution in [0.1, 0.15) is 26.2 Å². The minimum absolute atomic E-state index is 0.220. The molecule has 0 radical (unpaired) electrons. The average molecular weight is 319 g/mol. The number of unbranched alkanes of at least 4 members (excludes halogenated alkanes) is 2. The number of benzene rings is 1. The van der Waals surface area contributed by atoms with E-state index < -0.39 is 10.0 Å². The van der Waals surface area contributed by atoms with Crippen LogP contribution in [0, 0.1) is 0 Å². The van der Waals surface area contributed by atoms with Crippen molar-refractivity contribution in [3.8, 4) is 0 Å². The first-order chi connectivity index (χ1) is 10.6. The number of hydrogen-bond donors (Lipinski definition) is 2. The minimum atomic E-state index is -3.60. The van der Waals surface area contributed by atoms with Crippen molar-refractivity contribution in [3.63, 3.8) is 0 Å². The van der Waals surface area contributed by atoms with Gasteiger partial charge in [0.05, 0.1) is 4.90 Å². The quantitative estimate of drug-likeness (QED) is 0.731. The van der Waals surface area contributed by atoms with Crippen molar-refractivity contribution in [3.05, 3.63) is 48.7 Å². The van der Waals surface area contributed by atoms with Gasteiger partial charge < -0.3 is 5.32 Å². The van der Waals surface area contributed by atoms with E-state index in [-0.39, 0.29) is 4.90 Å². The number of sulfonamides is 1. The first kappa shape index (κ1) is 16.3. The van der Waals surface area contributed by atoms with Gasteiger partial charge in [0.25, 0.3) is 10.0 Å². The fourth-order valence-corrected chi connectivity index (χ4v) is 2.99. The molecule has 0 aliphatic heterocycles. The van der Waals surface area contributed by atoms with Gasteiger partial charge in [0.2, 0.25) is 0 Å². The fraction of sp³-hybridized carbons (Fsp3) is 0.312. The van der Waals surface area contributed by atoms with Crippen molar-refractivity contribution in [1.82, 2.24) is 4.98 Å². The molecule has 0 unspecified atom stereocenters. The number of aromatic nitrogens is 1. The van der Waals surface area contributed by atoms with Crippen molar-refractivity contribution in [2.45, 2.75) is 31.1 Å². The molecule has 0 aliphatic carbocycles. The summed E-state index contributed by atoms with van der Waals surface area (Å²) in [5, 5.41) is 3.28. The van der Waals surface area contributed by atoms with Crippen molar-refractivity contribution < 1.29 is 8.42 Å². The Labute approximate surface area is 131 Å². The van der Waals surface area contributed by atoms with Gasteiger partial charge in [-0.2, -0.15) is 0 Å². The number of pyridine rings is 1. The number of hydrogen-bond acceptors (Lipinski definition) is 4. The predicted molar refractivity (Wildman–Crippen MR) is 89.5 cm³/mol. The number of nitrogens with zero attached hydrogens (tertiary/aromatic N) is 1. The molecule has 0 fully saturated rings. The lowest BCUT2D eigenvalue weighted by atomic mass is 10.2. The molecule has 2 rings (SSSR count). The summed E-state index contributed by atoms with van der Waals surface area (Å²) in [6.07, 6.45) is 5.02. The summed E-state index contributed by atoms with van der Waals surface area (Å²) in [4.78, 5) is 4.18. The maximum Gasteiger partial charge on any atom is 0.263 e. The first-order valence-electron chi connectivity index (χ1n) is 7.39. The van der Waals surface area contributed by atoms with E-state index in [1.165, 1.54) is 12.8 Å². The van der Waals surface area contributed by atoms with Crippen LogP contribution in [0.5, 0.6) is 0 Å². The summed E-state index contributed by atoms with van der Waals surface area (Å²) in [6.45, 7) is 3.06. The lowest BCUT2D eigenvalue weighted by molar-refractivity contribution is 0.601. The standard InChI is InChI=1S/C16H21N3O2S/c1-2-3-5-12-17-14-8-10-15(11-9-14)22(20,21)19-16-7-4-6-13-18-16/h4,6-11,13,17H,2-3,5,12H2,1H3,(H,18,19). The molecule has 2 aromatic rings. The molecule has 0 saturated carbocycles. The maximum atomic E-state index is 12.2. The van der Waals surface area contributed by atoms with Crippen LogP contribution in [-0.2, 0) is 10.0 Å². The first-order valence-corrected chi connectivity index (χ1v) is 8.88. The number of anilines is 2. The van der Waals surface area contributed by atoms with E-state index >= 15 is 0 Å². The van der Waals surface area contributed by atoms with Gasteiger partial charge in [0.1, 0.15) is 5.82 Å². The third-order valence-corrected chi connectivity index (χ3v) is 4.55. The molecule has 6 heteroatoms. The SMILES string of the molecule is CCCCCNc1ccc(S(=O)(=O)Nc2ccccn2)cc1. The fourth-order valence-electron chi connectivity index (χ4n) is 1.98. The molecule has 1 heterocycles. The van der Waals surface area contributed by atoms with Gasteiger partial charge in [-0.05, 0) is 42.8 Å². The topological polar surface area (TPSA) is 71.1 Å². The number of rotatable bonds is 8. The Balaban J connectivity index is 1.99. The summed E-state index contributed by atoms with van der Waals surface area (Å²) in [6, 6.07) is 11.8. The van der Waals surface area contributed by atoms with Gasteiger partial charge in [0, 0.05) is 18.4 Å². The Morgan fingerprint density at radius 3 is 2.45 bits per heavy atom. The van der Waals surface area contributed by atoms with E-state index in [4.69, 9.17) is 0 Å². The second-order valence-corrected chi connectivity index (χ2v) is 6.66. The second-order valence-electron chi connectivity index (χ2n) is 4.98. The van der Waals surface area contributed by atoms with Crippen molar-refractivity contribution in [2.24, 2.45) is 0 Å². The Morgan fingerprint density at radius 2 is 1.82 bits per heavy atom. The highest BCUT2D eigenvalue weighted by molar-refractivity contribution is 7.92. The maximum absolute atomic E-state index is 12.2. The second kappa shape index (κ2) is 7.79. The smallest absolute Gasteiger partial charge is 0.263 e. The zero-order chi connectivity index (χ0) is 15.8. The molecule has 0 bridgehead atoms. The molecular weight excluding hydrogens is 298 g/mol. The largest absolute Gasteiger partial charge is 0.385 e. The highest BCUT2D eigenvalue weighted by Crippen LogP contribution is 2.17. The Kier molecular flexibility index (Phi) is 5.77. The van der Waals surface area contributed by atoms with Crippen LogP contribution >= 0.6 is 0 Å². The molecule has 0 atom stereocenters. The normalized spacial score (nSPS) is 11.1. The van der Waals surface area contributed by atoms with Crippen LogP contribution in [0.4, 0.5) is 11.5 Å². The average Bonchev–Trinajstić information content (AvgIpc) is 2.53. The van der Waals surface area contributed by atoms with Crippen molar-refractivity contribution >= 4 is 21.5 Å². The molecule has 0 spiro atoms. The monoisotopic (exact) mass is 319 g/mol. The van der Waals surface area contributed by atoms with Gasteiger partial charge in [-0.25, -0.2) is 13.4 Å². The predicted octanol–water partition coefficient (Wildman–Crippen LogP) is 3.48. The van der Waals surface area contributed by atoms with Crippen molar-refractivity contribution in [2.75, 3.05) is 16.6 Å². The molecule has 0 saturated heterocycles. The van der Waals surface area contributed by atoms with Crippen LogP contribution in [0.3, 0.4) is 0 Å². The molecule has 1 aromatic heterocycles. The van der Waals surface area contributed by atoms with E-state index in [0.29, 0.717) is 5.82 Å². The third kappa shape index (κ3) is 4.73. The highest BCUT2D eigenvalue weighted by atomic mass is 32.2.